The van der Waals surface area contributed by atoms with Gasteiger partial charge in [-0.3, -0.25) is 4.79 Å². The van der Waals surface area contributed by atoms with Crippen molar-refractivity contribution < 1.29 is 4.79 Å². The van der Waals surface area contributed by atoms with Crippen LogP contribution in [-0.4, -0.2) is 36.5 Å². The number of likely N-dealkylation sites (N-methyl/N-ethyl adjacent to an activating group) is 1. The minimum absolute atomic E-state index is 0.0955. The predicted molar refractivity (Wildman–Crippen MR) is 71.9 cm³/mol. The van der Waals surface area contributed by atoms with E-state index in [0.29, 0.717) is 10.4 Å². The number of hydrogen-bond acceptors (Lipinski definition) is 3. The minimum Gasteiger partial charge on any atom is -0.337 e. The molecule has 1 unspecified atom stereocenters. The highest BCUT2D eigenvalue weighted by Crippen LogP contribution is 2.23. The van der Waals surface area contributed by atoms with E-state index < -0.39 is 0 Å². The van der Waals surface area contributed by atoms with Crippen molar-refractivity contribution in [1.82, 2.24) is 10.2 Å². The Morgan fingerprint density at radius 2 is 2.47 bits per heavy atom. The number of carbonyl (C=O) groups is 1. The van der Waals surface area contributed by atoms with Crippen LogP contribution < -0.4 is 5.32 Å². The van der Waals surface area contributed by atoms with Crippen LogP contribution in [0.2, 0.25) is 4.34 Å². The van der Waals surface area contributed by atoms with Gasteiger partial charge in [0.1, 0.15) is 0 Å². The Morgan fingerprint density at radius 3 is 3.00 bits per heavy atom. The van der Waals surface area contributed by atoms with Gasteiger partial charge >= 0.3 is 0 Å². The van der Waals surface area contributed by atoms with E-state index in [2.05, 4.69) is 5.32 Å². The van der Waals surface area contributed by atoms with Crippen molar-refractivity contribution in [1.29, 1.82) is 0 Å². The zero-order valence-electron chi connectivity index (χ0n) is 9.91. The Labute approximate surface area is 111 Å². The summed E-state index contributed by atoms with van der Waals surface area (Å²) in [4.78, 5) is 14.9. The van der Waals surface area contributed by atoms with Crippen molar-refractivity contribution in [3.05, 3.63) is 21.3 Å². The third-order valence-corrected chi connectivity index (χ3v) is 4.28. The predicted octanol–water partition coefficient (Wildman–Crippen LogP) is 2.62. The second-order valence-electron chi connectivity index (χ2n) is 4.24. The number of halogens is 1. The fourth-order valence-corrected chi connectivity index (χ4v) is 3.13. The van der Waals surface area contributed by atoms with Crippen LogP contribution in [0.3, 0.4) is 0 Å². The van der Waals surface area contributed by atoms with Gasteiger partial charge < -0.3 is 10.2 Å². The molecular weight excluding hydrogens is 256 g/mol. The molecule has 3 nitrogen and oxygen atoms in total. The summed E-state index contributed by atoms with van der Waals surface area (Å²) in [6.07, 6.45) is 2.37. The third-order valence-electron chi connectivity index (χ3n) is 3.06. The summed E-state index contributed by atoms with van der Waals surface area (Å²) in [6, 6.07) is 4.04. The van der Waals surface area contributed by atoms with Gasteiger partial charge in [0.05, 0.1) is 9.21 Å². The average Bonchev–Trinajstić information content (AvgIpc) is 2.96. The van der Waals surface area contributed by atoms with Crippen LogP contribution in [0.15, 0.2) is 12.1 Å². The van der Waals surface area contributed by atoms with E-state index >= 15 is 0 Å². The number of amides is 1. The first-order valence-electron chi connectivity index (χ1n) is 5.98. The van der Waals surface area contributed by atoms with Crippen LogP contribution >= 0.6 is 22.9 Å². The van der Waals surface area contributed by atoms with E-state index in [9.17, 15) is 4.79 Å². The molecule has 1 saturated heterocycles. The molecule has 2 heterocycles. The fraction of sp³-hybridized carbons (Fsp3) is 0.583. The van der Waals surface area contributed by atoms with Crippen LogP contribution in [0, 0.1) is 0 Å². The van der Waals surface area contributed by atoms with E-state index in [1.807, 2.05) is 11.8 Å². The van der Waals surface area contributed by atoms with Crippen molar-refractivity contribution in [2.45, 2.75) is 25.8 Å². The van der Waals surface area contributed by atoms with Crippen molar-refractivity contribution in [2.24, 2.45) is 0 Å². The van der Waals surface area contributed by atoms with E-state index in [1.165, 1.54) is 17.8 Å². The maximum Gasteiger partial charge on any atom is 0.264 e. The maximum absolute atomic E-state index is 12.2. The molecule has 17 heavy (non-hydrogen) atoms. The first-order chi connectivity index (χ1) is 8.20. The van der Waals surface area contributed by atoms with Gasteiger partial charge in [-0.05, 0) is 38.4 Å². The monoisotopic (exact) mass is 272 g/mol. The Kier molecular flexibility index (Phi) is 4.42. The lowest BCUT2D eigenvalue weighted by Gasteiger charge is -2.23. The van der Waals surface area contributed by atoms with Crippen molar-refractivity contribution in [3.8, 4) is 0 Å². The Bertz CT molecular complexity index is 388. The van der Waals surface area contributed by atoms with Gasteiger partial charge in [-0.15, -0.1) is 11.3 Å². The van der Waals surface area contributed by atoms with Gasteiger partial charge in [-0.1, -0.05) is 11.6 Å². The first-order valence-corrected chi connectivity index (χ1v) is 7.18. The van der Waals surface area contributed by atoms with Crippen molar-refractivity contribution in [2.75, 3.05) is 19.6 Å². The summed E-state index contributed by atoms with van der Waals surface area (Å²) in [6.45, 7) is 4.63. The van der Waals surface area contributed by atoms with Gasteiger partial charge in [0.2, 0.25) is 0 Å². The molecule has 2 rings (SSSR count). The summed E-state index contributed by atoms with van der Waals surface area (Å²) in [5, 5.41) is 3.42. The average molecular weight is 273 g/mol. The number of rotatable bonds is 4. The lowest BCUT2D eigenvalue weighted by Crippen LogP contribution is -2.40. The molecule has 1 atom stereocenters. The van der Waals surface area contributed by atoms with Gasteiger partial charge in [0, 0.05) is 19.1 Å². The zero-order valence-corrected chi connectivity index (χ0v) is 11.5. The van der Waals surface area contributed by atoms with Crippen molar-refractivity contribution in [3.63, 3.8) is 0 Å². The van der Waals surface area contributed by atoms with Crippen LogP contribution in [-0.2, 0) is 0 Å². The second-order valence-corrected chi connectivity index (χ2v) is 5.96. The standard InChI is InChI=1S/C12H17ClN2OS/c1-2-15(8-9-4-3-7-14-9)12(16)10-5-6-11(13)17-10/h5-6,9,14H,2-4,7-8H2,1H3. The normalized spacial score (nSPS) is 19.5. The maximum atomic E-state index is 12.2. The van der Waals surface area contributed by atoms with Crippen molar-refractivity contribution >= 4 is 28.8 Å². The van der Waals surface area contributed by atoms with Crippen LogP contribution in [0.4, 0.5) is 0 Å². The molecule has 94 valence electrons. The molecule has 0 radical (unpaired) electrons. The van der Waals surface area contributed by atoms with Crippen LogP contribution in [0.1, 0.15) is 29.4 Å². The molecular formula is C12H17ClN2OS. The van der Waals surface area contributed by atoms with E-state index in [-0.39, 0.29) is 5.91 Å². The molecule has 0 aliphatic carbocycles. The SMILES string of the molecule is CCN(CC1CCCN1)C(=O)c1ccc(Cl)s1. The van der Waals surface area contributed by atoms with Crippen LogP contribution in [0.5, 0.6) is 0 Å². The molecule has 5 heteroatoms. The molecule has 1 aromatic heterocycles. The summed E-state index contributed by atoms with van der Waals surface area (Å²) in [5.74, 6) is 0.0955. The quantitative estimate of drug-likeness (QED) is 0.914. The first kappa shape index (κ1) is 12.9. The van der Waals surface area contributed by atoms with Gasteiger partial charge in [0.15, 0.2) is 0 Å². The number of nitrogens with one attached hydrogen (secondary N) is 1. The molecule has 1 aromatic rings. The van der Waals surface area contributed by atoms with Crippen LogP contribution in [0.25, 0.3) is 0 Å². The molecule has 1 aliphatic rings. The Morgan fingerprint density at radius 1 is 1.65 bits per heavy atom. The molecule has 1 amide bonds. The largest absolute Gasteiger partial charge is 0.337 e. The number of thiophene rings is 1. The smallest absolute Gasteiger partial charge is 0.264 e. The highest BCUT2D eigenvalue weighted by atomic mass is 35.5. The van der Waals surface area contributed by atoms with Gasteiger partial charge in [-0.25, -0.2) is 0 Å². The second kappa shape index (κ2) is 5.85. The summed E-state index contributed by atoms with van der Waals surface area (Å²) in [7, 11) is 0. The highest BCUT2D eigenvalue weighted by molar-refractivity contribution is 7.17. The summed E-state index contributed by atoms with van der Waals surface area (Å²) >= 11 is 7.21. The highest BCUT2D eigenvalue weighted by Gasteiger charge is 2.22. The molecule has 0 bridgehead atoms. The fourth-order valence-electron chi connectivity index (χ4n) is 2.12. The molecule has 1 N–H and O–H groups in total. The zero-order chi connectivity index (χ0) is 12.3. The Balaban J connectivity index is 1.99. The minimum atomic E-state index is 0.0955. The molecule has 1 fully saturated rings. The number of nitrogens with zero attached hydrogens (tertiary/aromatic N) is 1. The topological polar surface area (TPSA) is 32.3 Å². The van der Waals surface area contributed by atoms with E-state index in [0.717, 1.165) is 30.9 Å². The van der Waals surface area contributed by atoms with E-state index in [4.69, 9.17) is 11.6 Å². The molecule has 0 aromatic carbocycles. The number of hydrogen-bond donors (Lipinski definition) is 1. The third kappa shape index (κ3) is 3.21. The number of carbonyl (C=O) groups excluding carboxylic acids is 1. The molecule has 0 spiro atoms. The van der Waals surface area contributed by atoms with Gasteiger partial charge in [0.25, 0.3) is 5.91 Å². The summed E-state index contributed by atoms with van der Waals surface area (Å²) < 4.78 is 0.670. The molecule has 1 aliphatic heterocycles. The lowest BCUT2D eigenvalue weighted by molar-refractivity contribution is 0.0756. The summed E-state index contributed by atoms with van der Waals surface area (Å²) in [5.41, 5.74) is 0. The van der Waals surface area contributed by atoms with E-state index in [1.54, 1.807) is 12.1 Å². The lowest BCUT2D eigenvalue weighted by atomic mass is 10.2. The Hall–Kier alpha value is -0.580. The molecule has 0 saturated carbocycles. The van der Waals surface area contributed by atoms with Gasteiger partial charge in [-0.2, -0.15) is 0 Å².